The topological polar surface area (TPSA) is 61.2 Å². The third-order valence-corrected chi connectivity index (χ3v) is 6.74. The highest BCUT2D eigenvalue weighted by Gasteiger charge is 2.40. The van der Waals surface area contributed by atoms with Gasteiger partial charge in [-0.25, -0.2) is 9.67 Å². The van der Waals surface area contributed by atoms with Gasteiger partial charge < -0.3 is 4.74 Å². The number of nitrogens with one attached hydrogen (secondary N) is 1. The lowest BCUT2D eigenvalue weighted by Gasteiger charge is -2.14. The summed E-state index contributed by atoms with van der Waals surface area (Å²) in [4.78, 5) is 5.40. The molecule has 2 aliphatic rings. The third-order valence-electron chi connectivity index (χ3n) is 5.82. The third kappa shape index (κ3) is 5.53. The van der Waals surface area contributed by atoms with E-state index in [0.29, 0.717) is 22.5 Å². The summed E-state index contributed by atoms with van der Waals surface area (Å²) < 4.78 is 13.0. The molecule has 0 bridgehead atoms. The van der Waals surface area contributed by atoms with Gasteiger partial charge in [-0.05, 0) is 74.1 Å². The SMILES string of the molecule is Clc1nc(-n2ccc(OCCC(C3CC3)C3CC3)n2)ccc1NOSc1ccccc1. The second kappa shape index (κ2) is 9.51. The van der Waals surface area contributed by atoms with Crippen molar-refractivity contribution in [1.29, 1.82) is 0 Å². The van der Waals surface area contributed by atoms with Crippen molar-refractivity contribution in [2.75, 3.05) is 12.1 Å². The number of hydrogen-bond acceptors (Lipinski definition) is 6. The summed E-state index contributed by atoms with van der Waals surface area (Å²) in [5.74, 6) is 3.98. The fourth-order valence-corrected chi connectivity index (χ4v) is 4.62. The Labute approximate surface area is 191 Å². The second-order valence-electron chi connectivity index (χ2n) is 8.16. The van der Waals surface area contributed by atoms with E-state index in [1.807, 2.05) is 54.7 Å². The molecule has 2 saturated carbocycles. The van der Waals surface area contributed by atoms with E-state index >= 15 is 0 Å². The number of nitrogens with zero attached hydrogens (tertiary/aromatic N) is 3. The maximum atomic E-state index is 6.32. The summed E-state index contributed by atoms with van der Waals surface area (Å²) in [5, 5.41) is 4.79. The lowest BCUT2D eigenvalue weighted by molar-refractivity contribution is 0.243. The van der Waals surface area contributed by atoms with Crippen LogP contribution in [0.2, 0.25) is 5.15 Å². The molecule has 3 aromatic rings. The highest BCUT2D eigenvalue weighted by atomic mass is 35.5. The van der Waals surface area contributed by atoms with Gasteiger partial charge in [-0.15, -0.1) is 5.10 Å². The number of ether oxygens (including phenoxy) is 1. The van der Waals surface area contributed by atoms with Crippen molar-refractivity contribution in [3.05, 3.63) is 59.9 Å². The van der Waals surface area contributed by atoms with Gasteiger partial charge in [0.05, 0.1) is 24.3 Å². The normalized spacial score (nSPS) is 15.9. The number of rotatable bonds is 11. The average Bonchev–Trinajstić information content (AvgIpc) is 3.73. The van der Waals surface area contributed by atoms with Gasteiger partial charge in [-0.2, -0.15) is 4.28 Å². The van der Waals surface area contributed by atoms with Crippen LogP contribution in [0.4, 0.5) is 5.69 Å². The molecule has 0 atom stereocenters. The van der Waals surface area contributed by atoms with Gasteiger partial charge in [0, 0.05) is 17.2 Å². The molecule has 0 aliphatic heterocycles. The number of aromatic nitrogens is 3. The summed E-state index contributed by atoms with van der Waals surface area (Å²) in [6, 6.07) is 15.3. The fraction of sp³-hybridized carbons (Fsp3) is 0.391. The Bertz CT molecular complexity index is 996. The largest absolute Gasteiger partial charge is 0.477 e. The highest BCUT2D eigenvalue weighted by molar-refractivity contribution is 7.94. The molecule has 2 aliphatic carbocycles. The van der Waals surface area contributed by atoms with Gasteiger partial charge >= 0.3 is 0 Å². The molecule has 0 radical (unpaired) electrons. The molecule has 0 amide bonds. The standard InChI is InChI=1S/C23H25ClN4O2S/c24-23-20(27-30-31-18-4-2-1-3-5-18)10-11-21(25-23)28-14-12-22(26-28)29-15-13-19(16-6-7-16)17-8-9-17/h1-5,10-12,14,16-17,19,27H,6-9,13,15H2. The Morgan fingerprint density at radius 2 is 1.84 bits per heavy atom. The molecule has 1 N–H and O–H groups in total. The van der Waals surface area contributed by atoms with Crippen molar-refractivity contribution < 1.29 is 9.02 Å². The maximum Gasteiger partial charge on any atom is 0.233 e. The minimum atomic E-state index is 0.306. The first-order valence-electron chi connectivity index (χ1n) is 10.8. The first kappa shape index (κ1) is 20.7. The minimum absolute atomic E-state index is 0.306. The first-order valence-corrected chi connectivity index (χ1v) is 11.9. The summed E-state index contributed by atoms with van der Waals surface area (Å²) in [6.45, 7) is 0.724. The Balaban J connectivity index is 1.13. The van der Waals surface area contributed by atoms with Crippen LogP contribution in [0.15, 0.2) is 59.6 Å². The van der Waals surface area contributed by atoms with E-state index in [1.165, 1.54) is 37.7 Å². The van der Waals surface area contributed by atoms with Gasteiger partial charge in [0.2, 0.25) is 5.88 Å². The van der Waals surface area contributed by atoms with Gasteiger partial charge in [0.1, 0.15) is 0 Å². The van der Waals surface area contributed by atoms with Crippen LogP contribution in [0.3, 0.4) is 0 Å². The van der Waals surface area contributed by atoms with E-state index < -0.39 is 0 Å². The molecule has 162 valence electrons. The van der Waals surface area contributed by atoms with Crippen LogP contribution >= 0.6 is 23.6 Å². The molecule has 8 heteroatoms. The highest BCUT2D eigenvalue weighted by Crippen LogP contribution is 2.50. The number of hydrogen-bond donors (Lipinski definition) is 1. The van der Waals surface area contributed by atoms with E-state index in [-0.39, 0.29) is 0 Å². The number of pyridine rings is 1. The predicted molar refractivity (Wildman–Crippen MR) is 122 cm³/mol. The zero-order valence-corrected chi connectivity index (χ0v) is 18.7. The molecule has 1 aromatic carbocycles. The van der Waals surface area contributed by atoms with Crippen LogP contribution in [0.5, 0.6) is 5.88 Å². The lowest BCUT2D eigenvalue weighted by atomic mass is 9.95. The van der Waals surface area contributed by atoms with Gasteiger partial charge in [0.15, 0.2) is 11.0 Å². The Morgan fingerprint density at radius 3 is 2.55 bits per heavy atom. The lowest BCUT2D eigenvalue weighted by Crippen LogP contribution is -2.11. The molecular formula is C23H25ClN4O2S. The van der Waals surface area contributed by atoms with Gasteiger partial charge in [-0.1, -0.05) is 29.8 Å². The minimum Gasteiger partial charge on any atom is -0.477 e. The summed E-state index contributed by atoms with van der Waals surface area (Å²) in [7, 11) is 0. The molecule has 6 nitrogen and oxygen atoms in total. The number of anilines is 1. The quantitative estimate of drug-likeness (QED) is 0.211. The van der Waals surface area contributed by atoms with E-state index in [4.69, 9.17) is 20.6 Å². The van der Waals surface area contributed by atoms with Crippen LogP contribution in [0, 0.1) is 17.8 Å². The predicted octanol–water partition coefficient (Wildman–Crippen LogP) is 6.18. The Morgan fingerprint density at radius 1 is 1.06 bits per heavy atom. The molecule has 0 unspecified atom stereocenters. The van der Waals surface area contributed by atoms with Crippen LogP contribution in [0.25, 0.3) is 5.82 Å². The molecule has 2 aromatic heterocycles. The maximum absolute atomic E-state index is 6.32. The van der Waals surface area contributed by atoms with Gasteiger partial charge in [-0.3, -0.25) is 5.48 Å². The molecule has 0 saturated heterocycles. The van der Waals surface area contributed by atoms with Crippen molar-refractivity contribution in [2.45, 2.75) is 37.0 Å². The summed E-state index contributed by atoms with van der Waals surface area (Å²) >= 11 is 7.54. The van der Waals surface area contributed by atoms with E-state index in [9.17, 15) is 0 Å². The van der Waals surface area contributed by atoms with Crippen molar-refractivity contribution in [3.63, 3.8) is 0 Å². The Hall–Kier alpha value is -2.22. The Kier molecular flexibility index (Phi) is 6.34. The monoisotopic (exact) mass is 456 g/mol. The van der Waals surface area contributed by atoms with Crippen LogP contribution in [-0.2, 0) is 4.28 Å². The fourth-order valence-electron chi connectivity index (χ4n) is 3.93. The first-order chi connectivity index (χ1) is 15.3. The van der Waals surface area contributed by atoms with Crippen molar-refractivity contribution in [2.24, 2.45) is 17.8 Å². The van der Waals surface area contributed by atoms with Crippen molar-refractivity contribution in [3.8, 4) is 11.7 Å². The molecule has 0 spiro atoms. The molecule has 5 rings (SSSR count). The van der Waals surface area contributed by atoms with Gasteiger partial charge in [0.25, 0.3) is 0 Å². The zero-order chi connectivity index (χ0) is 21.0. The average molecular weight is 457 g/mol. The van der Waals surface area contributed by atoms with Crippen LogP contribution in [0.1, 0.15) is 32.1 Å². The second-order valence-corrected chi connectivity index (χ2v) is 9.33. The van der Waals surface area contributed by atoms with E-state index in [1.54, 1.807) is 4.68 Å². The van der Waals surface area contributed by atoms with Crippen molar-refractivity contribution in [1.82, 2.24) is 14.8 Å². The summed E-state index contributed by atoms with van der Waals surface area (Å²) in [5.41, 5.74) is 3.41. The molecule has 2 fully saturated rings. The molecule has 2 heterocycles. The van der Waals surface area contributed by atoms with E-state index in [0.717, 1.165) is 35.7 Å². The molecular weight excluding hydrogens is 432 g/mol. The molecule has 31 heavy (non-hydrogen) atoms. The van der Waals surface area contributed by atoms with E-state index in [2.05, 4.69) is 15.6 Å². The number of benzene rings is 1. The van der Waals surface area contributed by atoms with Crippen LogP contribution in [-0.4, -0.2) is 21.4 Å². The summed E-state index contributed by atoms with van der Waals surface area (Å²) in [6.07, 6.45) is 8.59. The van der Waals surface area contributed by atoms with Crippen molar-refractivity contribution >= 4 is 29.3 Å². The van der Waals surface area contributed by atoms with Crippen LogP contribution < -0.4 is 10.2 Å². The smallest absolute Gasteiger partial charge is 0.233 e. The number of halogens is 1. The zero-order valence-electron chi connectivity index (χ0n) is 17.1.